The first kappa shape index (κ1) is 20.2. The minimum Gasteiger partial charge on any atom is -0.394 e. The lowest BCUT2D eigenvalue weighted by Crippen LogP contribution is -2.48. The van der Waals surface area contributed by atoms with Crippen LogP contribution in [0.15, 0.2) is 35.3 Å². The Balaban J connectivity index is 0.00000264. The number of likely N-dealkylation sites (tertiary alicyclic amines) is 1. The van der Waals surface area contributed by atoms with Gasteiger partial charge >= 0.3 is 0 Å². The Morgan fingerprint density at radius 3 is 2.57 bits per heavy atom. The lowest BCUT2D eigenvalue weighted by atomic mass is 10.0. The molecule has 0 aliphatic carbocycles. The number of aliphatic hydroxyl groups excluding tert-OH is 1. The molecule has 0 bridgehead atoms. The van der Waals surface area contributed by atoms with Crippen LogP contribution in [0.25, 0.3) is 0 Å². The molecule has 130 valence electrons. The topological polar surface area (TPSA) is 59.9 Å². The lowest BCUT2D eigenvalue weighted by Gasteiger charge is -2.33. The molecule has 1 saturated heterocycles. The molecule has 0 unspecified atom stereocenters. The van der Waals surface area contributed by atoms with Gasteiger partial charge in [-0.3, -0.25) is 9.89 Å². The Kier molecular flexibility index (Phi) is 10.2. The van der Waals surface area contributed by atoms with E-state index in [0.717, 1.165) is 45.0 Å². The third kappa shape index (κ3) is 7.50. The molecule has 6 heteroatoms. The van der Waals surface area contributed by atoms with Crippen LogP contribution in [0.4, 0.5) is 0 Å². The molecule has 0 saturated carbocycles. The Bertz CT molecular complexity index is 447. The number of hydrogen-bond donors (Lipinski definition) is 3. The number of piperidine rings is 1. The van der Waals surface area contributed by atoms with Gasteiger partial charge in [0.2, 0.25) is 0 Å². The summed E-state index contributed by atoms with van der Waals surface area (Å²) in [6.45, 7) is 6.67. The Morgan fingerprint density at radius 1 is 1.26 bits per heavy atom. The van der Waals surface area contributed by atoms with Crippen molar-refractivity contribution in [3.8, 4) is 0 Å². The van der Waals surface area contributed by atoms with E-state index in [1.807, 2.05) is 0 Å². The normalized spacial score (nSPS) is 16.7. The van der Waals surface area contributed by atoms with Gasteiger partial charge in [0.05, 0.1) is 13.2 Å². The summed E-state index contributed by atoms with van der Waals surface area (Å²) in [5.41, 5.74) is 1.38. The Labute approximate surface area is 156 Å². The van der Waals surface area contributed by atoms with Crippen molar-refractivity contribution in [1.82, 2.24) is 15.5 Å². The SMILES string of the molecule is CCNC(=NCCO)NC1CCN(Cc2ccccc2)CC1.I. The molecule has 5 nitrogen and oxygen atoms in total. The molecule has 2 rings (SSSR count). The maximum Gasteiger partial charge on any atom is 0.191 e. The van der Waals surface area contributed by atoms with Crippen LogP contribution < -0.4 is 10.6 Å². The van der Waals surface area contributed by atoms with Crippen molar-refractivity contribution < 1.29 is 5.11 Å². The van der Waals surface area contributed by atoms with Crippen molar-refractivity contribution in [2.24, 2.45) is 4.99 Å². The lowest BCUT2D eigenvalue weighted by molar-refractivity contribution is 0.198. The van der Waals surface area contributed by atoms with Gasteiger partial charge < -0.3 is 15.7 Å². The van der Waals surface area contributed by atoms with Crippen molar-refractivity contribution in [2.75, 3.05) is 32.8 Å². The summed E-state index contributed by atoms with van der Waals surface area (Å²) in [6, 6.07) is 11.1. The molecule has 3 N–H and O–H groups in total. The molecule has 1 aliphatic rings. The fourth-order valence-corrected chi connectivity index (χ4v) is 2.75. The van der Waals surface area contributed by atoms with Crippen LogP contribution in [0.2, 0.25) is 0 Å². The fourth-order valence-electron chi connectivity index (χ4n) is 2.75. The van der Waals surface area contributed by atoms with Gasteiger partial charge in [-0.1, -0.05) is 30.3 Å². The predicted molar refractivity (Wildman–Crippen MR) is 106 cm³/mol. The van der Waals surface area contributed by atoms with Gasteiger partial charge in [0, 0.05) is 32.2 Å². The number of nitrogens with one attached hydrogen (secondary N) is 2. The van der Waals surface area contributed by atoms with Crippen LogP contribution in [-0.2, 0) is 6.54 Å². The first-order valence-corrected chi connectivity index (χ1v) is 8.23. The minimum atomic E-state index is 0. The molecule has 1 aromatic carbocycles. The monoisotopic (exact) mass is 432 g/mol. The molecule has 1 heterocycles. The molecule has 1 aliphatic heterocycles. The smallest absolute Gasteiger partial charge is 0.191 e. The Hall–Kier alpha value is -0.860. The van der Waals surface area contributed by atoms with Crippen molar-refractivity contribution in [2.45, 2.75) is 32.4 Å². The van der Waals surface area contributed by atoms with E-state index in [2.05, 4.69) is 57.8 Å². The summed E-state index contributed by atoms with van der Waals surface area (Å²) in [5.74, 6) is 0.818. The van der Waals surface area contributed by atoms with Crippen molar-refractivity contribution >= 4 is 29.9 Å². The third-order valence-corrected chi connectivity index (χ3v) is 3.89. The summed E-state index contributed by atoms with van der Waals surface area (Å²) < 4.78 is 0. The van der Waals surface area contributed by atoms with Crippen LogP contribution in [0.5, 0.6) is 0 Å². The van der Waals surface area contributed by atoms with Crippen LogP contribution in [-0.4, -0.2) is 54.8 Å². The van der Waals surface area contributed by atoms with Crippen molar-refractivity contribution in [1.29, 1.82) is 0 Å². The average Bonchev–Trinajstić information content (AvgIpc) is 2.55. The molecular weight excluding hydrogens is 403 g/mol. The molecule has 0 amide bonds. The second-order valence-corrected chi connectivity index (χ2v) is 5.66. The van der Waals surface area contributed by atoms with Gasteiger partial charge in [0.25, 0.3) is 0 Å². The quantitative estimate of drug-likeness (QED) is 0.365. The van der Waals surface area contributed by atoms with Crippen molar-refractivity contribution in [3.63, 3.8) is 0 Å². The maximum absolute atomic E-state index is 8.89. The average molecular weight is 432 g/mol. The van der Waals surface area contributed by atoms with Crippen LogP contribution in [0.1, 0.15) is 25.3 Å². The van der Waals surface area contributed by atoms with E-state index in [1.54, 1.807) is 0 Å². The number of hydrogen-bond acceptors (Lipinski definition) is 3. The minimum absolute atomic E-state index is 0. The molecular formula is C17H29IN4O. The number of benzene rings is 1. The third-order valence-electron chi connectivity index (χ3n) is 3.89. The second kappa shape index (κ2) is 11.6. The predicted octanol–water partition coefficient (Wildman–Crippen LogP) is 1.82. The molecule has 1 aromatic rings. The highest BCUT2D eigenvalue weighted by molar-refractivity contribution is 14.0. The maximum atomic E-state index is 8.89. The Morgan fingerprint density at radius 2 is 1.96 bits per heavy atom. The highest BCUT2D eigenvalue weighted by Gasteiger charge is 2.19. The van der Waals surface area contributed by atoms with Crippen LogP contribution >= 0.6 is 24.0 Å². The molecule has 0 spiro atoms. The molecule has 0 atom stereocenters. The number of guanidine groups is 1. The number of nitrogens with zero attached hydrogens (tertiary/aromatic N) is 2. The second-order valence-electron chi connectivity index (χ2n) is 5.66. The van der Waals surface area contributed by atoms with E-state index in [-0.39, 0.29) is 30.6 Å². The summed E-state index contributed by atoms with van der Waals surface area (Å²) >= 11 is 0. The highest BCUT2D eigenvalue weighted by Crippen LogP contribution is 2.13. The fraction of sp³-hybridized carbons (Fsp3) is 0.588. The zero-order valence-corrected chi connectivity index (χ0v) is 16.2. The van der Waals surface area contributed by atoms with Gasteiger partial charge in [0.15, 0.2) is 5.96 Å². The van der Waals surface area contributed by atoms with Gasteiger partial charge in [-0.05, 0) is 25.3 Å². The summed E-state index contributed by atoms with van der Waals surface area (Å²) in [4.78, 5) is 6.85. The number of aliphatic hydroxyl groups is 1. The first-order chi connectivity index (χ1) is 10.8. The van der Waals surface area contributed by atoms with Gasteiger partial charge in [0.1, 0.15) is 0 Å². The summed E-state index contributed by atoms with van der Waals surface area (Å²) in [5, 5.41) is 15.6. The standard InChI is InChI=1S/C17H28N4O.HI/c1-2-18-17(19-10-13-22)20-16-8-11-21(12-9-16)14-15-6-4-3-5-7-15;/h3-7,16,22H,2,8-14H2,1H3,(H2,18,19,20);1H. The largest absolute Gasteiger partial charge is 0.394 e. The number of aliphatic imine (C=N–C) groups is 1. The highest BCUT2D eigenvalue weighted by atomic mass is 127. The molecule has 23 heavy (non-hydrogen) atoms. The van der Waals surface area contributed by atoms with E-state index >= 15 is 0 Å². The van der Waals surface area contributed by atoms with E-state index in [0.29, 0.717) is 12.6 Å². The number of halogens is 1. The number of rotatable bonds is 6. The van der Waals surface area contributed by atoms with Gasteiger partial charge in [-0.25, -0.2) is 0 Å². The first-order valence-electron chi connectivity index (χ1n) is 8.23. The zero-order chi connectivity index (χ0) is 15.6. The molecule has 1 fully saturated rings. The van der Waals surface area contributed by atoms with E-state index in [9.17, 15) is 0 Å². The molecule has 0 radical (unpaired) electrons. The van der Waals surface area contributed by atoms with Crippen molar-refractivity contribution in [3.05, 3.63) is 35.9 Å². The van der Waals surface area contributed by atoms with Gasteiger partial charge in [-0.2, -0.15) is 0 Å². The van der Waals surface area contributed by atoms with E-state index in [1.165, 1.54) is 5.56 Å². The summed E-state index contributed by atoms with van der Waals surface area (Å²) in [6.07, 6.45) is 2.24. The zero-order valence-electron chi connectivity index (χ0n) is 13.9. The van der Waals surface area contributed by atoms with E-state index in [4.69, 9.17) is 5.11 Å². The van der Waals surface area contributed by atoms with Gasteiger partial charge in [-0.15, -0.1) is 24.0 Å². The van der Waals surface area contributed by atoms with Crippen LogP contribution in [0.3, 0.4) is 0 Å². The van der Waals surface area contributed by atoms with E-state index < -0.39 is 0 Å². The molecule has 0 aromatic heterocycles. The summed E-state index contributed by atoms with van der Waals surface area (Å²) in [7, 11) is 0. The van der Waals surface area contributed by atoms with Crippen LogP contribution in [0, 0.1) is 0 Å².